The molecule has 1 aliphatic rings. The van der Waals surface area contributed by atoms with Crippen molar-refractivity contribution in [3.05, 3.63) is 67.6 Å². The van der Waals surface area contributed by atoms with E-state index in [0.29, 0.717) is 28.4 Å². The number of aromatic nitrogens is 1. The molecule has 1 atom stereocenters. The van der Waals surface area contributed by atoms with Gasteiger partial charge in [-0.3, -0.25) is 14.6 Å². The van der Waals surface area contributed by atoms with Gasteiger partial charge in [-0.15, -0.1) is 0 Å². The number of aromatic hydroxyl groups is 2. The molecule has 37 heavy (non-hydrogen) atoms. The molecule has 2 aromatic carbocycles. The van der Waals surface area contributed by atoms with Crippen LogP contribution in [-0.2, 0) is 11.8 Å². The molecule has 1 aliphatic heterocycles. The van der Waals surface area contributed by atoms with E-state index < -0.39 is 5.60 Å². The van der Waals surface area contributed by atoms with E-state index in [0.717, 1.165) is 28.9 Å². The number of carbonyl (C=O) groups excluding carboxylic acids is 1. The monoisotopic (exact) mass is 525 g/mol. The van der Waals surface area contributed by atoms with Crippen molar-refractivity contribution >= 4 is 17.1 Å². The Morgan fingerprint density at radius 3 is 2.35 bits per heavy atom. The summed E-state index contributed by atoms with van der Waals surface area (Å²) in [5, 5.41) is 20.6. The zero-order chi connectivity index (χ0) is 27.2. The van der Waals surface area contributed by atoms with Crippen molar-refractivity contribution in [1.82, 2.24) is 4.98 Å². The maximum atomic E-state index is 13.0. The maximum Gasteiger partial charge on any atom is 0.307 e. The van der Waals surface area contributed by atoms with Gasteiger partial charge in [-0.25, -0.2) is 0 Å². The fourth-order valence-corrected chi connectivity index (χ4v) is 6.01. The minimum atomic E-state index is -0.867. The zero-order valence-electron chi connectivity index (χ0n) is 22.2. The Balaban J connectivity index is 1.48. The predicted octanol–water partition coefficient (Wildman–Crippen LogP) is 5.96. The second-order valence-electron chi connectivity index (χ2n) is 12.0. The molecule has 3 aromatic rings. The molecule has 2 heterocycles. The number of ether oxygens (including phenoxy) is 2. The minimum Gasteiger partial charge on any atom is -0.508 e. The molecule has 1 unspecified atom stereocenters. The molecule has 0 saturated heterocycles. The topological polar surface area (TPSA) is 109 Å². The van der Waals surface area contributed by atoms with E-state index in [4.69, 9.17) is 9.47 Å². The van der Waals surface area contributed by atoms with Crippen LogP contribution >= 0.6 is 11.3 Å². The Morgan fingerprint density at radius 1 is 1.08 bits per heavy atom. The highest BCUT2D eigenvalue weighted by Crippen LogP contribution is 2.45. The van der Waals surface area contributed by atoms with Crippen LogP contribution in [0.25, 0.3) is 0 Å². The minimum absolute atomic E-state index is 0.0575. The summed E-state index contributed by atoms with van der Waals surface area (Å²) < 4.78 is 12.3. The van der Waals surface area contributed by atoms with Crippen LogP contribution in [0.3, 0.4) is 0 Å². The molecule has 198 valence electrons. The van der Waals surface area contributed by atoms with Gasteiger partial charge in [-0.1, -0.05) is 58.1 Å². The molecule has 0 fully saturated rings. The highest BCUT2D eigenvalue weighted by atomic mass is 32.1. The van der Waals surface area contributed by atoms with E-state index in [-0.39, 0.29) is 46.1 Å². The van der Waals surface area contributed by atoms with Gasteiger partial charge in [0.05, 0.1) is 16.9 Å². The summed E-state index contributed by atoms with van der Waals surface area (Å²) in [6.45, 7) is 12.7. The van der Waals surface area contributed by atoms with Gasteiger partial charge in [0.25, 0.3) is 0 Å². The van der Waals surface area contributed by atoms with Crippen molar-refractivity contribution < 1.29 is 24.5 Å². The molecule has 1 aromatic heterocycles. The molecular weight excluding hydrogens is 490 g/mol. The molecule has 8 heteroatoms. The highest BCUT2D eigenvalue weighted by molar-refractivity contribution is 7.09. The number of carbonyl (C=O) groups is 1. The number of ketones is 1. The van der Waals surface area contributed by atoms with E-state index in [9.17, 15) is 19.8 Å². The highest BCUT2D eigenvalue weighted by Gasteiger charge is 2.39. The Kier molecular flexibility index (Phi) is 6.92. The summed E-state index contributed by atoms with van der Waals surface area (Å²) in [7, 11) is 0. The Morgan fingerprint density at radius 2 is 1.76 bits per heavy atom. The summed E-state index contributed by atoms with van der Waals surface area (Å²) in [6.07, 6.45) is 1.41. The molecule has 0 saturated carbocycles. The molecule has 0 aliphatic carbocycles. The van der Waals surface area contributed by atoms with E-state index in [1.54, 1.807) is 0 Å². The number of phenolic OH excluding ortho intramolecular Hbond substituents is 1. The number of aromatic amines is 1. The second-order valence-corrected chi connectivity index (χ2v) is 13.1. The summed E-state index contributed by atoms with van der Waals surface area (Å²) in [5.74, 6) is 1.02. The first-order valence-corrected chi connectivity index (χ1v) is 13.2. The lowest BCUT2D eigenvalue weighted by Gasteiger charge is -2.37. The van der Waals surface area contributed by atoms with Gasteiger partial charge in [0.15, 0.2) is 5.78 Å². The first kappa shape index (κ1) is 26.8. The van der Waals surface area contributed by atoms with E-state index in [1.807, 2.05) is 37.3 Å². The van der Waals surface area contributed by atoms with Gasteiger partial charge in [-0.05, 0) is 54.0 Å². The van der Waals surface area contributed by atoms with Gasteiger partial charge in [0, 0.05) is 12.0 Å². The first-order valence-electron chi connectivity index (χ1n) is 12.4. The van der Waals surface area contributed by atoms with Gasteiger partial charge >= 0.3 is 4.87 Å². The number of thiazole rings is 1. The number of rotatable bonds is 7. The summed E-state index contributed by atoms with van der Waals surface area (Å²) in [5.41, 5.74) is 0.949. The van der Waals surface area contributed by atoms with Crippen molar-refractivity contribution in [1.29, 1.82) is 0 Å². The van der Waals surface area contributed by atoms with Gasteiger partial charge in [-0.2, -0.15) is 0 Å². The molecule has 0 amide bonds. The molecule has 7 nitrogen and oxygen atoms in total. The number of hydrogen-bond donors (Lipinski definition) is 3. The Hall–Kier alpha value is -3.26. The lowest BCUT2D eigenvalue weighted by molar-refractivity contribution is 0.0187. The Bertz CT molecular complexity index is 1360. The number of H-pyrrole nitrogens is 1. The lowest BCUT2D eigenvalue weighted by Crippen LogP contribution is -2.44. The largest absolute Gasteiger partial charge is 0.508 e. The molecular formula is C29H35NO6S. The fraction of sp³-hybridized carbons (Fsp3) is 0.448. The third-order valence-corrected chi connectivity index (χ3v) is 7.39. The van der Waals surface area contributed by atoms with Crippen LogP contribution in [-0.4, -0.2) is 33.2 Å². The van der Waals surface area contributed by atoms with Gasteiger partial charge < -0.3 is 19.7 Å². The molecule has 4 rings (SSSR count). The fourth-order valence-electron chi connectivity index (χ4n) is 5.25. The quantitative estimate of drug-likeness (QED) is 0.351. The third kappa shape index (κ3) is 6.18. The number of phenols is 1. The van der Waals surface area contributed by atoms with Crippen LogP contribution in [0.5, 0.6) is 23.1 Å². The summed E-state index contributed by atoms with van der Waals surface area (Å²) in [6, 6.07) is 10.7. The van der Waals surface area contributed by atoms with Crippen LogP contribution in [0, 0.1) is 5.41 Å². The average Bonchev–Trinajstić information content (AvgIpc) is 3.08. The first-order chi connectivity index (χ1) is 17.1. The number of nitrogens with one attached hydrogen (secondary N) is 1. The normalized spacial score (nSPS) is 17.8. The number of hydrogen-bond acceptors (Lipinski definition) is 7. The van der Waals surface area contributed by atoms with Crippen molar-refractivity contribution in [2.45, 2.75) is 71.8 Å². The predicted molar refractivity (Wildman–Crippen MR) is 145 cm³/mol. The second kappa shape index (κ2) is 9.56. The van der Waals surface area contributed by atoms with Gasteiger partial charge in [0.2, 0.25) is 5.88 Å². The van der Waals surface area contributed by atoms with Crippen molar-refractivity contribution in [3.8, 4) is 23.1 Å². The standard InChI is InChI=1S/C29H35NO6S/c1-27(2,3)15-28(4,5)20-13-23-19(12-21(20)31)22(32)14-29(6,36-23)16-35-18-9-7-17(8-10-18)11-24-25(33)30-26(34)37-24/h7-10,12-13,31,33H,11,14-16H2,1-6H3,(H,30,34). The molecule has 0 radical (unpaired) electrons. The molecule has 0 bridgehead atoms. The smallest absolute Gasteiger partial charge is 0.307 e. The van der Waals surface area contributed by atoms with Gasteiger partial charge in [0.1, 0.15) is 29.5 Å². The zero-order valence-corrected chi connectivity index (χ0v) is 23.0. The number of benzene rings is 2. The lowest BCUT2D eigenvalue weighted by atomic mass is 9.71. The number of fused-ring (bicyclic) bond motifs is 1. The van der Waals surface area contributed by atoms with Crippen molar-refractivity contribution in [3.63, 3.8) is 0 Å². The third-order valence-electron chi connectivity index (χ3n) is 6.52. The summed E-state index contributed by atoms with van der Waals surface area (Å²) in [4.78, 5) is 27.1. The van der Waals surface area contributed by atoms with E-state index in [1.165, 1.54) is 6.07 Å². The average molecular weight is 526 g/mol. The van der Waals surface area contributed by atoms with Crippen LogP contribution in [0.15, 0.2) is 41.2 Å². The van der Waals surface area contributed by atoms with Crippen LogP contribution in [0.4, 0.5) is 0 Å². The van der Waals surface area contributed by atoms with Crippen molar-refractivity contribution in [2.24, 2.45) is 5.41 Å². The van der Waals surface area contributed by atoms with Crippen LogP contribution in [0.2, 0.25) is 0 Å². The molecule has 0 spiro atoms. The summed E-state index contributed by atoms with van der Waals surface area (Å²) >= 11 is 0.986. The van der Waals surface area contributed by atoms with Crippen molar-refractivity contribution in [2.75, 3.05) is 6.61 Å². The maximum absolute atomic E-state index is 13.0. The van der Waals surface area contributed by atoms with Crippen LogP contribution < -0.4 is 14.3 Å². The van der Waals surface area contributed by atoms with E-state index >= 15 is 0 Å². The van der Waals surface area contributed by atoms with Crippen LogP contribution in [0.1, 0.15) is 80.7 Å². The SMILES string of the molecule is CC(C)(C)CC(C)(C)c1cc2c(cc1O)C(=O)CC(C)(COc1ccc(Cc3sc(=O)[nH]c3O)cc1)O2. The molecule has 3 N–H and O–H groups in total. The van der Waals surface area contributed by atoms with E-state index in [2.05, 4.69) is 39.6 Å². The Labute approximate surface area is 221 Å². The number of Topliss-reactive ketones (excluding diaryl/α,β-unsaturated/α-hetero) is 1.